The van der Waals surface area contributed by atoms with E-state index >= 15 is 0 Å². The maximum absolute atomic E-state index is 13.6. The summed E-state index contributed by atoms with van der Waals surface area (Å²) < 4.78 is 13.6. The van der Waals surface area contributed by atoms with Gasteiger partial charge in [0.1, 0.15) is 5.82 Å². The van der Waals surface area contributed by atoms with E-state index in [1.165, 1.54) is 31.2 Å². The average Bonchev–Trinajstić information content (AvgIpc) is 2.95. The molecule has 2 rings (SSSR count). The highest BCUT2D eigenvalue weighted by molar-refractivity contribution is 5.30. The van der Waals surface area contributed by atoms with Gasteiger partial charge in [-0.2, -0.15) is 0 Å². The molecule has 21 heavy (non-hydrogen) atoms. The first-order valence-electron chi connectivity index (χ1n) is 8.27. The van der Waals surface area contributed by atoms with Crippen LogP contribution in [0.5, 0.6) is 0 Å². The van der Waals surface area contributed by atoms with Gasteiger partial charge in [0, 0.05) is 5.54 Å². The second-order valence-electron chi connectivity index (χ2n) is 6.21. The zero-order valence-electron chi connectivity index (χ0n) is 13.9. The molecule has 0 radical (unpaired) electrons. The summed E-state index contributed by atoms with van der Waals surface area (Å²) in [4.78, 5) is 2.60. The summed E-state index contributed by atoms with van der Waals surface area (Å²) in [7, 11) is 2.03. The normalized spacial score (nSPS) is 19.1. The standard InChI is InChI=1S/C18H29FN2/c1-5-21(6-2)18(11-7-8-12-18)17(20-4)15-9-10-16(19)14(3)13-15/h9-10,13,17,20H,5-8,11-12H2,1-4H3. The predicted molar refractivity (Wildman–Crippen MR) is 87.1 cm³/mol. The van der Waals surface area contributed by atoms with Crippen molar-refractivity contribution in [2.45, 2.75) is 58.0 Å². The summed E-state index contributed by atoms with van der Waals surface area (Å²) in [6.07, 6.45) is 5.01. The van der Waals surface area contributed by atoms with Gasteiger partial charge in [-0.1, -0.05) is 38.8 Å². The van der Waals surface area contributed by atoms with Crippen LogP contribution in [-0.2, 0) is 0 Å². The first-order valence-corrected chi connectivity index (χ1v) is 8.27. The molecular weight excluding hydrogens is 263 g/mol. The van der Waals surface area contributed by atoms with Gasteiger partial charge < -0.3 is 5.32 Å². The number of rotatable bonds is 6. The first kappa shape index (κ1) is 16.4. The number of nitrogens with one attached hydrogen (secondary N) is 1. The number of halogens is 1. The maximum Gasteiger partial charge on any atom is 0.126 e. The summed E-state index contributed by atoms with van der Waals surface area (Å²) in [5, 5.41) is 3.53. The van der Waals surface area contributed by atoms with Gasteiger partial charge in [0.25, 0.3) is 0 Å². The van der Waals surface area contributed by atoms with E-state index in [-0.39, 0.29) is 17.4 Å². The van der Waals surface area contributed by atoms with Crippen molar-refractivity contribution in [3.63, 3.8) is 0 Å². The first-order chi connectivity index (χ1) is 10.1. The number of hydrogen-bond acceptors (Lipinski definition) is 2. The van der Waals surface area contributed by atoms with Gasteiger partial charge in [0.05, 0.1) is 6.04 Å². The highest BCUT2D eigenvalue weighted by Crippen LogP contribution is 2.44. The zero-order valence-corrected chi connectivity index (χ0v) is 13.9. The molecule has 0 spiro atoms. The molecule has 0 saturated heterocycles. The molecule has 1 aliphatic carbocycles. The molecule has 1 N–H and O–H groups in total. The largest absolute Gasteiger partial charge is 0.311 e. The van der Waals surface area contributed by atoms with Crippen molar-refractivity contribution in [2.75, 3.05) is 20.1 Å². The fraction of sp³-hybridized carbons (Fsp3) is 0.667. The second-order valence-corrected chi connectivity index (χ2v) is 6.21. The molecule has 0 aromatic heterocycles. The minimum absolute atomic E-state index is 0.114. The van der Waals surface area contributed by atoms with E-state index in [4.69, 9.17) is 0 Å². The summed E-state index contributed by atoms with van der Waals surface area (Å²) in [6, 6.07) is 5.84. The summed E-state index contributed by atoms with van der Waals surface area (Å²) in [5.41, 5.74) is 2.12. The Balaban J connectivity index is 2.42. The maximum atomic E-state index is 13.6. The number of benzene rings is 1. The smallest absolute Gasteiger partial charge is 0.126 e. The van der Waals surface area contributed by atoms with Crippen LogP contribution in [0.4, 0.5) is 4.39 Å². The van der Waals surface area contributed by atoms with Gasteiger partial charge >= 0.3 is 0 Å². The van der Waals surface area contributed by atoms with Crippen LogP contribution in [0.1, 0.15) is 56.7 Å². The van der Waals surface area contributed by atoms with E-state index in [0.29, 0.717) is 0 Å². The Morgan fingerprint density at radius 3 is 2.33 bits per heavy atom. The zero-order chi connectivity index (χ0) is 15.5. The molecule has 118 valence electrons. The van der Waals surface area contributed by atoms with Crippen molar-refractivity contribution in [1.29, 1.82) is 0 Å². The fourth-order valence-electron chi connectivity index (χ4n) is 4.22. The Kier molecular flexibility index (Phi) is 5.39. The van der Waals surface area contributed by atoms with E-state index in [1.54, 1.807) is 6.07 Å². The van der Waals surface area contributed by atoms with Crippen LogP contribution in [0.2, 0.25) is 0 Å². The molecule has 0 aliphatic heterocycles. The number of hydrogen-bond donors (Lipinski definition) is 1. The van der Waals surface area contributed by atoms with Crippen molar-refractivity contribution in [1.82, 2.24) is 10.2 Å². The molecule has 1 aromatic rings. The number of likely N-dealkylation sites (N-methyl/N-ethyl adjacent to an activating group) is 2. The highest BCUT2D eigenvalue weighted by Gasteiger charge is 2.44. The van der Waals surface area contributed by atoms with E-state index in [1.807, 2.05) is 26.1 Å². The van der Waals surface area contributed by atoms with Crippen LogP contribution >= 0.6 is 0 Å². The molecule has 0 heterocycles. The molecule has 1 aliphatic rings. The highest BCUT2D eigenvalue weighted by atomic mass is 19.1. The van der Waals surface area contributed by atoms with Crippen LogP contribution in [-0.4, -0.2) is 30.6 Å². The van der Waals surface area contributed by atoms with Crippen molar-refractivity contribution in [3.8, 4) is 0 Å². The van der Waals surface area contributed by atoms with Gasteiger partial charge in [-0.3, -0.25) is 4.90 Å². The van der Waals surface area contributed by atoms with Gasteiger partial charge in [0.2, 0.25) is 0 Å². The quantitative estimate of drug-likeness (QED) is 0.851. The minimum Gasteiger partial charge on any atom is -0.311 e. The summed E-state index contributed by atoms with van der Waals surface area (Å²) >= 11 is 0. The van der Waals surface area contributed by atoms with Crippen LogP contribution in [0.25, 0.3) is 0 Å². The SMILES string of the molecule is CCN(CC)C1(C(NC)c2ccc(F)c(C)c2)CCCC1. The third-order valence-corrected chi connectivity index (χ3v) is 5.20. The van der Waals surface area contributed by atoms with Gasteiger partial charge in [-0.05, 0) is 57.1 Å². The summed E-state index contributed by atoms with van der Waals surface area (Å²) in [6.45, 7) is 8.46. The average molecular weight is 292 g/mol. The van der Waals surface area contributed by atoms with Crippen molar-refractivity contribution in [2.24, 2.45) is 0 Å². The van der Waals surface area contributed by atoms with Crippen LogP contribution in [0.3, 0.4) is 0 Å². The fourth-order valence-corrected chi connectivity index (χ4v) is 4.22. The molecule has 1 unspecified atom stereocenters. The molecule has 1 fully saturated rings. The molecule has 0 bridgehead atoms. The lowest BCUT2D eigenvalue weighted by Crippen LogP contribution is -2.54. The van der Waals surface area contributed by atoms with E-state index < -0.39 is 0 Å². The molecule has 1 aromatic carbocycles. The Morgan fingerprint density at radius 2 is 1.86 bits per heavy atom. The molecule has 2 nitrogen and oxygen atoms in total. The van der Waals surface area contributed by atoms with Crippen molar-refractivity contribution in [3.05, 3.63) is 35.1 Å². The predicted octanol–water partition coefficient (Wildman–Crippen LogP) is 4.05. The van der Waals surface area contributed by atoms with Gasteiger partial charge in [0.15, 0.2) is 0 Å². The van der Waals surface area contributed by atoms with E-state index in [2.05, 4.69) is 24.1 Å². The van der Waals surface area contributed by atoms with Gasteiger partial charge in [-0.15, -0.1) is 0 Å². The monoisotopic (exact) mass is 292 g/mol. The lowest BCUT2D eigenvalue weighted by atomic mass is 9.81. The Hall–Kier alpha value is -0.930. The van der Waals surface area contributed by atoms with Crippen molar-refractivity contribution >= 4 is 0 Å². The van der Waals surface area contributed by atoms with Gasteiger partial charge in [-0.25, -0.2) is 4.39 Å². The molecule has 1 saturated carbocycles. The number of nitrogens with zero attached hydrogens (tertiary/aromatic N) is 1. The third kappa shape index (κ3) is 3.00. The topological polar surface area (TPSA) is 15.3 Å². The molecule has 0 amide bonds. The third-order valence-electron chi connectivity index (χ3n) is 5.20. The minimum atomic E-state index is -0.114. The lowest BCUT2D eigenvalue weighted by molar-refractivity contribution is 0.0655. The summed E-state index contributed by atoms with van der Waals surface area (Å²) in [5.74, 6) is -0.114. The van der Waals surface area contributed by atoms with Crippen LogP contribution in [0, 0.1) is 12.7 Å². The molecule has 1 atom stereocenters. The number of aryl methyl sites for hydroxylation is 1. The Bertz CT molecular complexity index is 462. The Labute approximate surface area is 128 Å². The Morgan fingerprint density at radius 1 is 1.24 bits per heavy atom. The second kappa shape index (κ2) is 6.89. The van der Waals surface area contributed by atoms with Crippen LogP contribution in [0.15, 0.2) is 18.2 Å². The van der Waals surface area contributed by atoms with E-state index in [9.17, 15) is 4.39 Å². The van der Waals surface area contributed by atoms with E-state index in [0.717, 1.165) is 18.7 Å². The molecule has 3 heteroatoms. The molecular formula is C18H29FN2. The lowest BCUT2D eigenvalue weighted by Gasteiger charge is -2.46. The van der Waals surface area contributed by atoms with Crippen molar-refractivity contribution < 1.29 is 4.39 Å². The van der Waals surface area contributed by atoms with Crippen LogP contribution < -0.4 is 5.32 Å².